The monoisotopic (exact) mass is 419 g/mol. The van der Waals surface area contributed by atoms with Gasteiger partial charge in [0.15, 0.2) is 0 Å². The van der Waals surface area contributed by atoms with Crippen LogP contribution >= 0.6 is 0 Å². The van der Waals surface area contributed by atoms with Crippen LogP contribution < -0.4 is 5.69 Å². The molecule has 0 unspecified atom stereocenters. The molecule has 0 aliphatic heterocycles. The molecule has 0 radical (unpaired) electrons. The van der Waals surface area contributed by atoms with Crippen molar-refractivity contribution < 1.29 is 18.0 Å². The second kappa shape index (κ2) is 8.52. The molecule has 158 valence electrons. The SMILES string of the molecule is CCn1nnn(-c2cccc(C)c2CON=C(C)c2cccc(C(F)(F)F)c2)c1=O. The number of hydrogen-bond acceptors (Lipinski definition) is 5. The number of aryl methyl sites for hydroxylation is 2. The van der Waals surface area contributed by atoms with Gasteiger partial charge in [0.25, 0.3) is 0 Å². The molecule has 0 spiro atoms. The van der Waals surface area contributed by atoms with Crippen LogP contribution in [0.5, 0.6) is 0 Å². The zero-order valence-electron chi connectivity index (χ0n) is 16.6. The summed E-state index contributed by atoms with van der Waals surface area (Å²) < 4.78 is 41.1. The zero-order valence-corrected chi connectivity index (χ0v) is 16.6. The number of rotatable bonds is 6. The topological polar surface area (TPSA) is 74.3 Å². The molecule has 0 bridgehead atoms. The lowest BCUT2D eigenvalue weighted by molar-refractivity contribution is -0.137. The van der Waals surface area contributed by atoms with Gasteiger partial charge in [0.05, 0.1) is 17.0 Å². The third kappa shape index (κ3) is 4.42. The summed E-state index contributed by atoms with van der Waals surface area (Å²) in [6.07, 6.45) is -4.43. The standard InChI is InChI=1S/C20H20F3N5O2/c1-4-27-19(29)28(26-25-27)18-10-5-7-13(2)17(18)12-30-24-14(3)15-8-6-9-16(11-15)20(21,22)23/h5-11H,4,12H2,1-3H3. The van der Waals surface area contributed by atoms with Gasteiger partial charge in [-0.2, -0.15) is 22.5 Å². The highest BCUT2D eigenvalue weighted by atomic mass is 19.4. The Bertz CT molecular complexity index is 1130. The summed E-state index contributed by atoms with van der Waals surface area (Å²) in [6.45, 7) is 5.58. The lowest BCUT2D eigenvalue weighted by Gasteiger charge is -2.11. The first-order valence-electron chi connectivity index (χ1n) is 9.18. The van der Waals surface area contributed by atoms with Crippen molar-refractivity contribution >= 4 is 5.71 Å². The number of hydrogen-bond donors (Lipinski definition) is 0. The van der Waals surface area contributed by atoms with Gasteiger partial charge >= 0.3 is 11.9 Å². The molecule has 30 heavy (non-hydrogen) atoms. The van der Waals surface area contributed by atoms with E-state index in [0.29, 0.717) is 29.1 Å². The van der Waals surface area contributed by atoms with Gasteiger partial charge in [-0.25, -0.2) is 4.79 Å². The van der Waals surface area contributed by atoms with Crippen molar-refractivity contribution in [1.29, 1.82) is 0 Å². The number of oxime groups is 1. The van der Waals surface area contributed by atoms with E-state index in [4.69, 9.17) is 4.84 Å². The van der Waals surface area contributed by atoms with Crippen LogP contribution in [0.1, 0.15) is 36.1 Å². The average Bonchev–Trinajstić information content (AvgIpc) is 3.08. The number of aromatic nitrogens is 4. The fraction of sp³-hybridized carbons (Fsp3) is 0.300. The van der Waals surface area contributed by atoms with E-state index in [9.17, 15) is 18.0 Å². The van der Waals surface area contributed by atoms with Gasteiger partial charge in [-0.05, 0) is 60.5 Å². The summed E-state index contributed by atoms with van der Waals surface area (Å²) in [7, 11) is 0. The summed E-state index contributed by atoms with van der Waals surface area (Å²) in [4.78, 5) is 17.8. The van der Waals surface area contributed by atoms with E-state index < -0.39 is 11.7 Å². The minimum atomic E-state index is -4.43. The highest BCUT2D eigenvalue weighted by Gasteiger charge is 2.30. The molecular weight excluding hydrogens is 399 g/mol. The van der Waals surface area contributed by atoms with Crippen LogP contribution in [0, 0.1) is 6.92 Å². The van der Waals surface area contributed by atoms with Gasteiger partial charge in [0.1, 0.15) is 6.61 Å². The minimum Gasteiger partial charge on any atom is -0.391 e. The van der Waals surface area contributed by atoms with Crippen LogP contribution in [0.25, 0.3) is 5.69 Å². The average molecular weight is 419 g/mol. The van der Waals surface area contributed by atoms with Crippen LogP contribution in [0.15, 0.2) is 52.4 Å². The van der Waals surface area contributed by atoms with E-state index in [0.717, 1.165) is 17.7 Å². The smallest absolute Gasteiger partial charge is 0.391 e. The van der Waals surface area contributed by atoms with Crippen molar-refractivity contribution in [1.82, 2.24) is 19.8 Å². The van der Waals surface area contributed by atoms with Crippen molar-refractivity contribution in [3.63, 3.8) is 0 Å². The van der Waals surface area contributed by atoms with Gasteiger partial charge in [0, 0.05) is 12.1 Å². The number of benzene rings is 2. The molecule has 0 saturated heterocycles. The van der Waals surface area contributed by atoms with Crippen LogP contribution in [-0.4, -0.2) is 25.5 Å². The minimum absolute atomic E-state index is 0.00370. The molecule has 0 atom stereocenters. The predicted octanol–water partition coefficient (Wildman–Crippen LogP) is 3.72. The third-order valence-corrected chi connectivity index (χ3v) is 4.57. The Morgan fingerprint density at radius 3 is 2.57 bits per heavy atom. The first-order valence-corrected chi connectivity index (χ1v) is 9.18. The van der Waals surface area contributed by atoms with E-state index in [1.807, 2.05) is 13.0 Å². The van der Waals surface area contributed by atoms with Crippen LogP contribution in [0.4, 0.5) is 13.2 Å². The second-order valence-corrected chi connectivity index (χ2v) is 6.59. The van der Waals surface area contributed by atoms with Crippen LogP contribution in [-0.2, 0) is 24.2 Å². The van der Waals surface area contributed by atoms with Gasteiger partial charge < -0.3 is 4.84 Å². The molecule has 0 saturated carbocycles. The Kier molecular flexibility index (Phi) is 6.04. The Hall–Kier alpha value is -3.43. The predicted molar refractivity (Wildman–Crippen MR) is 104 cm³/mol. The van der Waals surface area contributed by atoms with Crippen molar-refractivity contribution in [2.24, 2.45) is 5.16 Å². The molecule has 0 N–H and O–H groups in total. The Balaban J connectivity index is 1.84. The first-order chi connectivity index (χ1) is 14.2. The van der Waals surface area contributed by atoms with E-state index in [-0.39, 0.29) is 12.3 Å². The van der Waals surface area contributed by atoms with Crippen molar-refractivity contribution in [2.45, 2.75) is 40.1 Å². The molecule has 0 aliphatic carbocycles. The van der Waals surface area contributed by atoms with E-state index in [1.165, 1.54) is 21.5 Å². The van der Waals surface area contributed by atoms with Gasteiger partial charge in [0.2, 0.25) is 0 Å². The van der Waals surface area contributed by atoms with E-state index >= 15 is 0 Å². The summed E-state index contributed by atoms with van der Waals surface area (Å²) in [5, 5.41) is 11.7. The molecule has 3 aromatic rings. The fourth-order valence-electron chi connectivity index (χ4n) is 2.86. The van der Waals surface area contributed by atoms with Crippen LogP contribution in [0.2, 0.25) is 0 Å². The van der Waals surface area contributed by atoms with Gasteiger partial charge in [-0.1, -0.05) is 29.4 Å². The quantitative estimate of drug-likeness (QED) is 0.451. The first kappa shape index (κ1) is 21.3. The zero-order chi connectivity index (χ0) is 21.9. The molecule has 2 aromatic carbocycles. The molecular formula is C20H20F3N5O2. The number of nitrogens with zero attached hydrogens (tertiary/aromatic N) is 5. The number of alkyl halides is 3. The van der Waals surface area contributed by atoms with Gasteiger partial charge in [-0.15, -0.1) is 0 Å². The highest BCUT2D eigenvalue weighted by Crippen LogP contribution is 2.29. The molecule has 10 heteroatoms. The van der Waals surface area contributed by atoms with Gasteiger partial charge in [-0.3, -0.25) is 0 Å². The largest absolute Gasteiger partial charge is 0.416 e. The molecule has 0 aliphatic rings. The lowest BCUT2D eigenvalue weighted by atomic mass is 10.1. The summed E-state index contributed by atoms with van der Waals surface area (Å²) in [5.41, 5.74) is 1.48. The fourth-order valence-corrected chi connectivity index (χ4v) is 2.86. The Morgan fingerprint density at radius 2 is 1.90 bits per heavy atom. The summed E-state index contributed by atoms with van der Waals surface area (Å²) in [5.74, 6) is 0. The van der Waals surface area contributed by atoms with E-state index in [2.05, 4.69) is 15.6 Å². The van der Waals surface area contributed by atoms with Crippen molar-refractivity contribution in [3.8, 4) is 5.69 Å². The highest BCUT2D eigenvalue weighted by molar-refractivity contribution is 5.98. The number of halogens is 3. The summed E-state index contributed by atoms with van der Waals surface area (Å²) >= 11 is 0. The molecule has 3 rings (SSSR count). The van der Waals surface area contributed by atoms with Crippen LogP contribution in [0.3, 0.4) is 0 Å². The van der Waals surface area contributed by atoms with Crippen molar-refractivity contribution in [2.75, 3.05) is 0 Å². The Morgan fingerprint density at radius 1 is 1.17 bits per heavy atom. The maximum Gasteiger partial charge on any atom is 0.416 e. The lowest BCUT2D eigenvalue weighted by Crippen LogP contribution is -2.24. The third-order valence-electron chi connectivity index (χ3n) is 4.57. The normalized spacial score (nSPS) is 12.3. The molecule has 1 aromatic heterocycles. The second-order valence-electron chi connectivity index (χ2n) is 6.59. The maximum absolute atomic E-state index is 12.9. The molecule has 1 heterocycles. The van der Waals surface area contributed by atoms with Crippen molar-refractivity contribution in [3.05, 3.63) is 75.2 Å². The summed E-state index contributed by atoms with van der Waals surface area (Å²) in [6, 6.07) is 10.2. The molecule has 7 nitrogen and oxygen atoms in total. The number of tetrazole rings is 1. The molecule has 0 amide bonds. The maximum atomic E-state index is 12.9. The Labute approximate surface area is 170 Å². The van der Waals surface area contributed by atoms with E-state index in [1.54, 1.807) is 26.0 Å². The molecule has 0 fully saturated rings.